The van der Waals surface area contributed by atoms with E-state index in [1.165, 1.54) is 0 Å². The number of carbonyl (C=O) groups is 2. The van der Waals surface area contributed by atoms with Gasteiger partial charge in [-0.3, -0.25) is 9.59 Å². The van der Waals surface area contributed by atoms with Crippen molar-refractivity contribution >= 4 is 22.7 Å². The van der Waals surface area contributed by atoms with E-state index >= 15 is 0 Å². The largest absolute Gasteiger partial charge is 0.454 e. The average Bonchev–Trinajstić information content (AvgIpc) is 3.68. The second kappa shape index (κ2) is 9.28. The van der Waals surface area contributed by atoms with Gasteiger partial charge in [-0.2, -0.15) is 0 Å². The Kier molecular flexibility index (Phi) is 5.58. The van der Waals surface area contributed by atoms with Crippen LogP contribution in [0.3, 0.4) is 0 Å². The van der Waals surface area contributed by atoms with E-state index in [0.717, 1.165) is 27.7 Å². The molecule has 5 heterocycles. The maximum atomic E-state index is 13.9. The number of nitrogens with one attached hydrogen (secondary N) is 1. The summed E-state index contributed by atoms with van der Waals surface area (Å²) in [6, 6.07) is 12.6. The van der Waals surface area contributed by atoms with Crippen LogP contribution >= 0.6 is 0 Å². The Labute approximate surface area is 223 Å². The van der Waals surface area contributed by atoms with Crippen molar-refractivity contribution in [2.24, 2.45) is 0 Å². The summed E-state index contributed by atoms with van der Waals surface area (Å²) in [6.07, 6.45) is 5.57. The first-order chi connectivity index (χ1) is 19.1. The number of H-pyrrole nitrogens is 1. The summed E-state index contributed by atoms with van der Waals surface area (Å²) in [5.74, 6) is 1.03. The maximum absolute atomic E-state index is 13.9. The van der Waals surface area contributed by atoms with Crippen LogP contribution in [0.2, 0.25) is 0 Å². The number of ether oxygens (including phenoxy) is 2. The molecule has 1 fully saturated rings. The van der Waals surface area contributed by atoms with Gasteiger partial charge in [-0.1, -0.05) is 41.6 Å². The minimum atomic E-state index is -0.657. The first-order valence-corrected chi connectivity index (χ1v) is 12.8. The van der Waals surface area contributed by atoms with Gasteiger partial charge in [0.15, 0.2) is 11.5 Å². The molecule has 0 spiro atoms. The van der Waals surface area contributed by atoms with Crippen molar-refractivity contribution < 1.29 is 24.2 Å². The van der Waals surface area contributed by atoms with Crippen LogP contribution < -0.4 is 9.47 Å². The topological polar surface area (TPSA) is 126 Å². The van der Waals surface area contributed by atoms with E-state index < -0.39 is 12.1 Å². The number of aromatic nitrogens is 4. The van der Waals surface area contributed by atoms with E-state index in [1.807, 2.05) is 42.5 Å². The molecular weight excluding hydrogens is 500 g/mol. The molecule has 0 bridgehead atoms. The van der Waals surface area contributed by atoms with Crippen molar-refractivity contribution in [3.05, 3.63) is 83.3 Å². The normalized spacial score (nSPS) is 20.2. The average molecular weight is 527 g/mol. The number of hydrogen-bond acceptors (Lipinski definition) is 7. The Morgan fingerprint density at radius 1 is 1.10 bits per heavy atom. The van der Waals surface area contributed by atoms with Crippen LogP contribution in [0.1, 0.15) is 28.6 Å². The quantitative estimate of drug-likeness (QED) is 0.368. The van der Waals surface area contributed by atoms with E-state index in [4.69, 9.17) is 14.6 Å². The number of hydrogen-bond donors (Lipinski definition) is 2. The number of aliphatic hydroxyl groups is 1. The van der Waals surface area contributed by atoms with Crippen LogP contribution in [0.25, 0.3) is 10.9 Å². The number of rotatable bonds is 6. The molecule has 1 saturated heterocycles. The van der Waals surface area contributed by atoms with E-state index in [1.54, 1.807) is 32.8 Å². The van der Waals surface area contributed by atoms with Crippen molar-refractivity contribution in [2.75, 3.05) is 19.9 Å². The van der Waals surface area contributed by atoms with Gasteiger partial charge < -0.3 is 29.4 Å². The number of nitrogens with zero attached hydrogens (tertiary/aromatic N) is 5. The SMILES string of the molecule is O=C1[C@H]2Cc3c([nH]c4ccccc34)[C@@H](c3ccc4c(c3)OCO4)N2C(=O)CN1Cc1cn(C/C=C\CO)nn1. The predicted octanol–water partition coefficient (Wildman–Crippen LogP) is 1.92. The van der Waals surface area contributed by atoms with Gasteiger partial charge in [0.05, 0.1) is 31.9 Å². The maximum Gasteiger partial charge on any atom is 0.246 e. The van der Waals surface area contributed by atoms with Gasteiger partial charge in [0.2, 0.25) is 18.6 Å². The van der Waals surface area contributed by atoms with Crippen molar-refractivity contribution in [1.82, 2.24) is 29.8 Å². The smallest absolute Gasteiger partial charge is 0.246 e. The molecule has 2 atom stereocenters. The van der Waals surface area contributed by atoms with E-state index in [9.17, 15) is 9.59 Å². The molecular formula is C28H26N6O5. The zero-order chi connectivity index (χ0) is 26.5. The van der Waals surface area contributed by atoms with E-state index in [-0.39, 0.29) is 38.3 Å². The lowest BCUT2D eigenvalue weighted by molar-refractivity contribution is -0.159. The molecule has 3 aliphatic heterocycles. The molecule has 2 aromatic heterocycles. The van der Waals surface area contributed by atoms with E-state index in [0.29, 0.717) is 30.2 Å². The number of carbonyl (C=O) groups excluding carboxylic acids is 2. The summed E-state index contributed by atoms with van der Waals surface area (Å²) in [6.45, 7) is 0.700. The Morgan fingerprint density at radius 2 is 1.97 bits per heavy atom. The molecule has 4 aromatic rings. The molecule has 198 valence electrons. The van der Waals surface area contributed by atoms with Gasteiger partial charge in [0.25, 0.3) is 0 Å². The summed E-state index contributed by atoms with van der Waals surface area (Å²) < 4.78 is 12.8. The van der Waals surface area contributed by atoms with Crippen LogP contribution in [-0.2, 0) is 29.1 Å². The highest BCUT2D eigenvalue weighted by molar-refractivity contribution is 5.97. The number of allylic oxidation sites excluding steroid dienone is 1. The fourth-order valence-corrected chi connectivity index (χ4v) is 5.84. The Hall–Kier alpha value is -4.64. The van der Waals surface area contributed by atoms with Crippen LogP contribution in [0.5, 0.6) is 11.5 Å². The Balaban J connectivity index is 1.25. The van der Waals surface area contributed by atoms with Crippen LogP contribution in [0.15, 0.2) is 60.8 Å². The molecule has 11 nitrogen and oxygen atoms in total. The lowest BCUT2D eigenvalue weighted by atomic mass is 9.86. The van der Waals surface area contributed by atoms with Gasteiger partial charge >= 0.3 is 0 Å². The van der Waals surface area contributed by atoms with Crippen LogP contribution in [-0.4, -0.2) is 72.7 Å². The summed E-state index contributed by atoms with van der Waals surface area (Å²) in [7, 11) is 0. The fraction of sp³-hybridized carbons (Fsp3) is 0.286. The molecule has 0 unspecified atom stereocenters. The monoisotopic (exact) mass is 526 g/mol. The molecule has 7 rings (SSSR count). The van der Waals surface area contributed by atoms with Crippen LogP contribution in [0.4, 0.5) is 0 Å². The number of aromatic amines is 1. The molecule has 3 aliphatic rings. The highest BCUT2D eigenvalue weighted by Gasteiger charge is 2.48. The summed E-state index contributed by atoms with van der Waals surface area (Å²) >= 11 is 0. The third kappa shape index (κ3) is 3.93. The fourth-order valence-electron chi connectivity index (χ4n) is 5.84. The van der Waals surface area contributed by atoms with Gasteiger partial charge in [0, 0.05) is 23.0 Å². The van der Waals surface area contributed by atoms with Crippen LogP contribution in [0, 0.1) is 0 Å². The van der Waals surface area contributed by atoms with E-state index in [2.05, 4.69) is 15.3 Å². The highest BCUT2D eigenvalue weighted by Crippen LogP contribution is 2.45. The lowest BCUT2D eigenvalue weighted by Crippen LogP contribution is -2.62. The molecule has 2 N–H and O–H groups in total. The summed E-state index contributed by atoms with van der Waals surface area (Å²) in [5.41, 5.74) is 4.37. The van der Waals surface area contributed by atoms with Gasteiger partial charge in [-0.15, -0.1) is 5.10 Å². The molecule has 39 heavy (non-hydrogen) atoms. The number of amides is 2. The second-order valence-corrected chi connectivity index (χ2v) is 9.88. The molecule has 0 aliphatic carbocycles. The van der Waals surface area contributed by atoms with Gasteiger partial charge in [-0.05, 0) is 29.3 Å². The third-order valence-corrected chi connectivity index (χ3v) is 7.56. The first-order valence-electron chi connectivity index (χ1n) is 12.8. The summed E-state index contributed by atoms with van der Waals surface area (Å²) in [5, 5.41) is 18.3. The molecule has 11 heteroatoms. The number of fused-ring (bicyclic) bond motifs is 5. The second-order valence-electron chi connectivity index (χ2n) is 9.88. The highest BCUT2D eigenvalue weighted by atomic mass is 16.7. The van der Waals surface area contributed by atoms with Crippen molar-refractivity contribution in [3.63, 3.8) is 0 Å². The lowest BCUT2D eigenvalue weighted by Gasteiger charge is -2.47. The Morgan fingerprint density at radius 3 is 2.87 bits per heavy atom. The molecule has 2 amide bonds. The van der Waals surface area contributed by atoms with Gasteiger partial charge in [0.1, 0.15) is 18.3 Å². The number of para-hydroxylation sites is 1. The summed E-state index contributed by atoms with van der Waals surface area (Å²) in [4.78, 5) is 34.6. The molecule has 0 saturated carbocycles. The van der Waals surface area contributed by atoms with Gasteiger partial charge in [-0.25, -0.2) is 4.68 Å². The van der Waals surface area contributed by atoms with Crippen molar-refractivity contribution in [2.45, 2.75) is 31.6 Å². The van der Waals surface area contributed by atoms with Crippen molar-refractivity contribution in [1.29, 1.82) is 0 Å². The predicted molar refractivity (Wildman–Crippen MR) is 139 cm³/mol. The zero-order valence-electron chi connectivity index (χ0n) is 21.0. The third-order valence-electron chi connectivity index (χ3n) is 7.56. The zero-order valence-corrected chi connectivity index (χ0v) is 21.0. The van der Waals surface area contributed by atoms with Crippen molar-refractivity contribution in [3.8, 4) is 11.5 Å². The minimum absolute atomic E-state index is 0.0464. The Bertz CT molecular complexity index is 1620. The minimum Gasteiger partial charge on any atom is -0.454 e. The molecule has 2 aromatic carbocycles. The standard InChI is InChI=1S/C28H26N6O5/c35-10-4-3-9-33-14-18(30-31-33)13-32-15-25(36)34-22(28(32)37)12-20-19-5-1-2-6-21(19)29-26(20)27(34)17-7-8-23-24(11-17)39-16-38-23/h1-8,11,14,22,27,29,35H,9-10,12-13,15-16H2/b4-3-/t22-,27-/m1/s1. The first kappa shape index (κ1) is 23.5. The molecule has 0 radical (unpaired) electrons. The number of piperazine rings is 1. The number of benzene rings is 2. The number of aliphatic hydroxyl groups excluding tert-OH is 1.